The number of hydrogen-bond acceptors (Lipinski definition) is 3. The molecule has 0 aromatic heterocycles. The Balaban J connectivity index is 1.80. The van der Waals surface area contributed by atoms with Gasteiger partial charge in [0.1, 0.15) is 0 Å². The summed E-state index contributed by atoms with van der Waals surface area (Å²) in [5, 5.41) is 0.529. The van der Waals surface area contributed by atoms with E-state index in [1.165, 1.54) is 0 Å². The van der Waals surface area contributed by atoms with E-state index < -0.39 is 11.3 Å². The van der Waals surface area contributed by atoms with Gasteiger partial charge in [-0.05, 0) is 52.5 Å². The molecule has 0 unspecified atom stereocenters. The zero-order valence-corrected chi connectivity index (χ0v) is 16.3. The van der Waals surface area contributed by atoms with Crippen LogP contribution in [0.3, 0.4) is 0 Å². The molecule has 1 saturated heterocycles. The summed E-state index contributed by atoms with van der Waals surface area (Å²) < 4.78 is 6.08. The summed E-state index contributed by atoms with van der Waals surface area (Å²) in [6.45, 7) is 0.910. The SMILES string of the molecule is O=C(NNC(=O)C1(c2ccccc2Cl)CCOCC1)c1ccccc1Br. The molecule has 1 heterocycles. The molecular formula is C19H18BrClN2O3. The minimum Gasteiger partial charge on any atom is -0.381 e. The lowest BCUT2D eigenvalue weighted by Crippen LogP contribution is -2.53. The molecule has 2 aromatic carbocycles. The summed E-state index contributed by atoms with van der Waals surface area (Å²) in [7, 11) is 0. The second-order valence-electron chi connectivity index (χ2n) is 6.06. The summed E-state index contributed by atoms with van der Waals surface area (Å²) in [5.41, 5.74) is 5.42. The second-order valence-corrected chi connectivity index (χ2v) is 7.32. The monoisotopic (exact) mass is 436 g/mol. The highest BCUT2D eigenvalue weighted by Gasteiger charge is 2.43. The van der Waals surface area contributed by atoms with Crippen LogP contribution in [0.1, 0.15) is 28.8 Å². The van der Waals surface area contributed by atoms with Crippen molar-refractivity contribution >= 4 is 39.3 Å². The fourth-order valence-electron chi connectivity index (χ4n) is 3.13. The van der Waals surface area contributed by atoms with Gasteiger partial charge in [0.25, 0.3) is 5.91 Å². The van der Waals surface area contributed by atoms with E-state index >= 15 is 0 Å². The molecule has 26 heavy (non-hydrogen) atoms. The number of ether oxygens (including phenoxy) is 1. The molecule has 1 aliphatic rings. The van der Waals surface area contributed by atoms with Crippen LogP contribution in [-0.2, 0) is 14.9 Å². The Hall–Kier alpha value is -1.89. The maximum atomic E-state index is 13.0. The van der Waals surface area contributed by atoms with E-state index in [1.54, 1.807) is 24.3 Å². The molecule has 0 aliphatic carbocycles. The van der Waals surface area contributed by atoms with Crippen LogP contribution in [0.15, 0.2) is 53.0 Å². The molecule has 2 amide bonds. The van der Waals surface area contributed by atoms with Gasteiger partial charge in [0.15, 0.2) is 0 Å². The van der Waals surface area contributed by atoms with Crippen molar-refractivity contribution in [1.82, 2.24) is 10.9 Å². The van der Waals surface area contributed by atoms with Gasteiger partial charge in [-0.25, -0.2) is 0 Å². The lowest BCUT2D eigenvalue weighted by Gasteiger charge is -2.36. The van der Waals surface area contributed by atoms with Crippen molar-refractivity contribution in [3.05, 3.63) is 69.2 Å². The van der Waals surface area contributed by atoms with Gasteiger partial charge in [0, 0.05) is 22.7 Å². The highest BCUT2D eigenvalue weighted by atomic mass is 79.9. The lowest BCUT2D eigenvalue weighted by atomic mass is 9.73. The van der Waals surface area contributed by atoms with Crippen LogP contribution in [0.2, 0.25) is 5.02 Å². The predicted molar refractivity (Wildman–Crippen MR) is 103 cm³/mol. The first-order chi connectivity index (χ1) is 12.5. The summed E-state index contributed by atoms with van der Waals surface area (Å²) in [4.78, 5) is 25.4. The minimum atomic E-state index is -0.836. The van der Waals surface area contributed by atoms with Crippen molar-refractivity contribution in [3.8, 4) is 0 Å². The largest absolute Gasteiger partial charge is 0.381 e. The van der Waals surface area contributed by atoms with Gasteiger partial charge in [-0.2, -0.15) is 0 Å². The van der Waals surface area contributed by atoms with Crippen molar-refractivity contribution in [3.63, 3.8) is 0 Å². The minimum absolute atomic E-state index is 0.297. The highest BCUT2D eigenvalue weighted by molar-refractivity contribution is 9.10. The normalized spacial score (nSPS) is 15.9. The zero-order valence-electron chi connectivity index (χ0n) is 13.9. The number of nitrogens with one attached hydrogen (secondary N) is 2. The molecule has 0 saturated carbocycles. The predicted octanol–water partition coefficient (Wildman–Crippen LogP) is 3.61. The van der Waals surface area contributed by atoms with E-state index in [2.05, 4.69) is 26.8 Å². The second kappa shape index (κ2) is 8.20. The van der Waals surface area contributed by atoms with Crippen LogP contribution in [-0.4, -0.2) is 25.0 Å². The molecule has 0 bridgehead atoms. The van der Waals surface area contributed by atoms with Gasteiger partial charge in [-0.3, -0.25) is 20.4 Å². The molecule has 0 atom stereocenters. The van der Waals surface area contributed by atoms with Gasteiger partial charge in [0.05, 0.1) is 11.0 Å². The van der Waals surface area contributed by atoms with Gasteiger partial charge < -0.3 is 4.74 Å². The van der Waals surface area contributed by atoms with E-state index in [0.29, 0.717) is 41.1 Å². The standard InChI is InChI=1S/C19H18BrClN2O3/c20-15-7-3-1-5-13(15)17(24)22-23-18(25)19(9-11-26-12-10-19)14-6-2-4-8-16(14)21/h1-8H,9-12H2,(H,22,24)(H,23,25). The molecule has 2 N–H and O–H groups in total. The molecule has 5 nitrogen and oxygen atoms in total. The van der Waals surface area contributed by atoms with Crippen molar-refractivity contribution in [2.75, 3.05) is 13.2 Å². The molecule has 136 valence electrons. The van der Waals surface area contributed by atoms with Crippen LogP contribution in [0, 0.1) is 0 Å². The Morgan fingerprint density at radius 2 is 1.65 bits per heavy atom. The molecule has 1 aliphatic heterocycles. The number of amides is 2. The van der Waals surface area contributed by atoms with Crippen LogP contribution >= 0.6 is 27.5 Å². The van der Waals surface area contributed by atoms with Crippen LogP contribution < -0.4 is 10.9 Å². The Kier molecular flexibility index (Phi) is 5.96. The van der Waals surface area contributed by atoms with Gasteiger partial charge in [-0.1, -0.05) is 41.9 Å². The summed E-state index contributed by atoms with van der Waals surface area (Å²) >= 11 is 9.69. The first-order valence-corrected chi connectivity index (χ1v) is 9.40. The van der Waals surface area contributed by atoms with Gasteiger partial charge in [0.2, 0.25) is 5.91 Å². The van der Waals surface area contributed by atoms with Crippen LogP contribution in [0.4, 0.5) is 0 Å². The molecule has 0 radical (unpaired) electrons. The van der Waals surface area contributed by atoms with Crippen LogP contribution in [0.5, 0.6) is 0 Å². The molecular weight excluding hydrogens is 420 g/mol. The number of hydrogen-bond donors (Lipinski definition) is 2. The smallest absolute Gasteiger partial charge is 0.270 e. The fourth-order valence-corrected chi connectivity index (χ4v) is 3.92. The van der Waals surface area contributed by atoms with E-state index in [9.17, 15) is 9.59 Å². The van der Waals surface area contributed by atoms with Crippen molar-refractivity contribution in [2.24, 2.45) is 0 Å². The number of halogens is 2. The van der Waals surface area contributed by atoms with E-state index in [4.69, 9.17) is 16.3 Å². The number of rotatable bonds is 3. The molecule has 2 aromatic rings. The maximum Gasteiger partial charge on any atom is 0.270 e. The Morgan fingerprint density at radius 1 is 1.00 bits per heavy atom. The zero-order chi connectivity index (χ0) is 18.6. The average Bonchev–Trinajstić information content (AvgIpc) is 2.67. The third-order valence-electron chi connectivity index (χ3n) is 4.58. The topological polar surface area (TPSA) is 67.4 Å². The van der Waals surface area contributed by atoms with Crippen LogP contribution in [0.25, 0.3) is 0 Å². The Bertz CT molecular complexity index is 822. The number of carbonyl (C=O) groups is 2. The summed E-state index contributed by atoms with van der Waals surface area (Å²) in [6, 6.07) is 14.3. The third kappa shape index (κ3) is 3.77. The number of hydrazine groups is 1. The van der Waals surface area contributed by atoms with Gasteiger partial charge in [-0.15, -0.1) is 0 Å². The fraction of sp³-hybridized carbons (Fsp3) is 0.263. The highest BCUT2D eigenvalue weighted by Crippen LogP contribution is 2.38. The van der Waals surface area contributed by atoms with E-state index in [0.717, 1.165) is 5.56 Å². The Labute approximate surface area is 165 Å². The first kappa shape index (κ1) is 18.9. The summed E-state index contributed by atoms with van der Waals surface area (Å²) in [6.07, 6.45) is 0.987. The third-order valence-corrected chi connectivity index (χ3v) is 5.60. The summed E-state index contributed by atoms with van der Waals surface area (Å²) in [5.74, 6) is -0.693. The van der Waals surface area contributed by atoms with Gasteiger partial charge >= 0.3 is 0 Å². The number of benzene rings is 2. The Morgan fingerprint density at radius 3 is 2.35 bits per heavy atom. The molecule has 3 rings (SSSR count). The maximum absolute atomic E-state index is 13.0. The average molecular weight is 438 g/mol. The molecule has 0 spiro atoms. The van der Waals surface area contributed by atoms with Crippen molar-refractivity contribution in [2.45, 2.75) is 18.3 Å². The lowest BCUT2D eigenvalue weighted by molar-refractivity contribution is -0.131. The quantitative estimate of drug-likeness (QED) is 0.721. The van der Waals surface area contributed by atoms with Crippen molar-refractivity contribution < 1.29 is 14.3 Å². The molecule has 1 fully saturated rings. The molecule has 7 heteroatoms. The van der Waals surface area contributed by atoms with E-state index in [1.807, 2.05) is 24.3 Å². The van der Waals surface area contributed by atoms with E-state index in [-0.39, 0.29) is 5.91 Å². The van der Waals surface area contributed by atoms with Crippen molar-refractivity contribution in [1.29, 1.82) is 0 Å². The first-order valence-electron chi connectivity index (χ1n) is 8.23. The number of carbonyl (C=O) groups excluding carboxylic acids is 2.